The van der Waals surface area contributed by atoms with Crippen molar-refractivity contribution in [2.45, 2.75) is 77.4 Å². The van der Waals surface area contributed by atoms with Crippen molar-refractivity contribution in [3.63, 3.8) is 0 Å². The van der Waals surface area contributed by atoms with E-state index in [2.05, 4.69) is 48.4 Å². The first-order chi connectivity index (χ1) is 12.8. The van der Waals surface area contributed by atoms with Crippen LogP contribution in [0.1, 0.15) is 54.4 Å². The molecule has 0 aliphatic carbocycles. The van der Waals surface area contributed by atoms with E-state index in [-0.39, 0.29) is 17.9 Å². The van der Waals surface area contributed by atoms with Crippen molar-refractivity contribution < 1.29 is 4.79 Å². The van der Waals surface area contributed by atoms with Crippen LogP contribution in [0.15, 0.2) is 11.4 Å². The first-order valence-corrected chi connectivity index (χ1v) is 10.7. The van der Waals surface area contributed by atoms with E-state index in [4.69, 9.17) is 4.98 Å². The molecule has 2 aromatic heterocycles. The lowest BCUT2D eigenvalue weighted by atomic mass is 10.0. The molecule has 0 aromatic carbocycles. The van der Waals surface area contributed by atoms with Gasteiger partial charge in [0.2, 0.25) is 5.91 Å². The van der Waals surface area contributed by atoms with Gasteiger partial charge in [0.15, 0.2) is 10.8 Å². The van der Waals surface area contributed by atoms with Gasteiger partial charge in [0.05, 0.1) is 18.1 Å². The molecule has 0 atom stereocenters. The highest BCUT2D eigenvalue weighted by molar-refractivity contribution is 7.99. The summed E-state index contributed by atoms with van der Waals surface area (Å²) < 4.78 is 1.85. The smallest absolute Gasteiger partial charge is 0.223 e. The fourth-order valence-electron chi connectivity index (χ4n) is 2.83. The van der Waals surface area contributed by atoms with Gasteiger partial charge in [0, 0.05) is 23.8 Å². The Morgan fingerprint density at radius 3 is 2.48 bits per heavy atom. The molecule has 0 spiro atoms. The number of thioether (sulfide) groups is 1. The highest BCUT2D eigenvalue weighted by atomic mass is 32.2. The summed E-state index contributed by atoms with van der Waals surface area (Å²) in [5, 5.41) is 12.9. The number of nitrogens with one attached hydrogen (secondary N) is 2. The molecule has 7 nitrogen and oxygen atoms in total. The van der Waals surface area contributed by atoms with Gasteiger partial charge in [-0.25, -0.2) is 14.6 Å². The van der Waals surface area contributed by atoms with E-state index >= 15 is 0 Å². The van der Waals surface area contributed by atoms with Gasteiger partial charge in [-0.2, -0.15) is 5.10 Å². The fraction of sp³-hybridized carbons (Fsp3) is 0.684. The molecule has 0 saturated heterocycles. The van der Waals surface area contributed by atoms with Crippen LogP contribution in [0.2, 0.25) is 0 Å². The highest BCUT2D eigenvalue weighted by Gasteiger charge is 2.16. The summed E-state index contributed by atoms with van der Waals surface area (Å²) >= 11 is 1.63. The number of carbonyl (C=O) groups excluding carboxylic acids is 1. The Kier molecular flexibility index (Phi) is 7.89. The first-order valence-electron chi connectivity index (χ1n) is 9.80. The van der Waals surface area contributed by atoms with E-state index in [1.165, 1.54) is 0 Å². The standard InChI is InChI=1S/C19H32N6OS/c1-7-14(8-2)18(26)20-9-10-25-17-15(11-21-25)16(22-12(3)4)23-19(24-17)27-13(5)6/h11-14H,7-10H2,1-6H3,(H,20,26)(H,22,23,24). The Morgan fingerprint density at radius 1 is 1.19 bits per heavy atom. The van der Waals surface area contributed by atoms with Gasteiger partial charge >= 0.3 is 0 Å². The van der Waals surface area contributed by atoms with Crippen molar-refractivity contribution in [1.82, 2.24) is 25.1 Å². The molecule has 27 heavy (non-hydrogen) atoms. The third kappa shape index (κ3) is 5.82. The van der Waals surface area contributed by atoms with Crippen LogP contribution in [-0.2, 0) is 11.3 Å². The van der Waals surface area contributed by atoms with Crippen LogP contribution in [0.3, 0.4) is 0 Å². The average Bonchev–Trinajstić information content (AvgIpc) is 2.98. The number of anilines is 1. The van der Waals surface area contributed by atoms with Crippen LogP contribution < -0.4 is 10.6 Å². The molecule has 0 aliphatic rings. The molecule has 0 unspecified atom stereocenters. The maximum atomic E-state index is 12.2. The summed E-state index contributed by atoms with van der Waals surface area (Å²) in [7, 11) is 0. The lowest BCUT2D eigenvalue weighted by Crippen LogP contribution is -2.32. The lowest BCUT2D eigenvalue weighted by Gasteiger charge is -2.14. The monoisotopic (exact) mass is 392 g/mol. The minimum Gasteiger partial charge on any atom is -0.367 e. The molecular weight excluding hydrogens is 360 g/mol. The molecule has 0 bridgehead atoms. The number of amides is 1. The van der Waals surface area contributed by atoms with E-state index in [0.29, 0.717) is 18.3 Å². The van der Waals surface area contributed by atoms with E-state index in [9.17, 15) is 4.79 Å². The van der Waals surface area contributed by atoms with Crippen molar-refractivity contribution in [3.8, 4) is 0 Å². The molecule has 0 fully saturated rings. The van der Waals surface area contributed by atoms with Crippen LogP contribution >= 0.6 is 11.8 Å². The summed E-state index contributed by atoms with van der Waals surface area (Å²) in [6.45, 7) is 13.6. The van der Waals surface area contributed by atoms with E-state index in [1.807, 2.05) is 18.5 Å². The summed E-state index contributed by atoms with van der Waals surface area (Å²) in [4.78, 5) is 21.5. The molecular formula is C19H32N6OS. The Labute approximate surface area is 166 Å². The van der Waals surface area contributed by atoms with Crippen molar-refractivity contribution in [1.29, 1.82) is 0 Å². The largest absolute Gasteiger partial charge is 0.367 e. The van der Waals surface area contributed by atoms with Gasteiger partial charge in [-0.3, -0.25) is 4.79 Å². The van der Waals surface area contributed by atoms with E-state index in [1.54, 1.807) is 18.0 Å². The molecule has 2 N–H and O–H groups in total. The number of nitrogens with zero attached hydrogens (tertiary/aromatic N) is 4. The predicted molar refractivity (Wildman–Crippen MR) is 112 cm³/mol. The van der Waals surface area contributed by atoms with Gasteiger partial charge in [0.25, 0.3) is 0 Å². The maximum Gasteiger partial charge on any atom is 0.223 e. The van der Waals surface area contributed by atoms with Gasteiger partial charge in [-0.15, -0.1) is 0 Å². The van der Waals surface area contributed by atoms with E-state index in [0.717, 1.165) is 34.8 Å². The zero-order chi connectivity index (χ0) is 20.0. The molecule has 0 aliphatic heterocycles. The van der Waals surface area contributed by atoms with Crippen LogP contribution in [0.25, 0.3) is 11.0 Å². The van der Waals surface area contributed by atoms with Crippen LogP contribution in [-0.4, -0.2) is 43.5 Å². The second-order valence-corrected chi connectivity index (χ2v) is 8.77. The average molecular weight is 393 g/mol. The van der Waals surface area contributed by atoms with E-state index < -0.39 is 0 Å². The predicted octanol–water partition coefficient (Wildman–Crippen LogP) is 3.70. The van der Waals surface area contributed by atoms with Crippen LogP contribution in [0.5, 0.6) is 0 Å². The molecule has 0 radical (unpaired) electrons. The van der Waals surface area contributed by atoms with Crippen LogP contribution in [0.4, 0.5) is 5.82 Å². The maximum absolute atomic E-state index is 12.2. The number of carbonyl (C=O) groups is 1. The topological polar surface area (TPSA) is 84.7 Å². The lowest BCUT2D eigenvalue weighted by molar-refractivity contribution is -0.125. The summed E-state index contributed by atoms with van der Waals surface area (Å²) in [5.74, 6) is 1.01. The minimum absolute atomic E-state index is 0.0811. The van der Waals surface area contributed by atoms with Gasteiger partial charge in [0.1, 0.15) is 5.82 Å². The number of hydrogen-bond donors (Lipinski definition) is 2. The number of hydrogen-bond acceptors (Lipinski definition) is 6. The molecule has 150 valence electrons. The SMILES string of the molecule is CCC(CC)C(=O)NCCn1ncc2c(NC(C)C)nc(SC(C)C)nc21. The molecule has 2 aromatic rings. The zero-order valence-electron chi connectivity index (χ0n) is 17.2. The quantitative estimate of drug-likeness (QED) is 0.474. The van der Waals surface area contributed by atoms with Crippen molar-refractivity contribution in [2.24, 2.45) is 5.92 Å². The molecule has 8 heteroatoms. The summed E-state index contributed by atoms with van der Waals surface area (Å²) in [6, 6.07) is 0.266. The van der Waals surface area contributed by atoms with Crippen molar-refractivity contribution >= 4 is 34.5 Å². The second-order valence-electron chi connectivity index (χ2n) is 7.23. The molecule has 0 saturated carbocycles. The van der Waals surface area contributed by atoms with Crippen molar-refractivity contribution in [2.75, 3.05) is 11.9 Å². The zero-order valence-corrected chi connectivity index (χ0v) is 18.1. The molecule has 2 rings (SSSR count). The Morgan fingerprint density at radius 2 is 1.89 bits per heavy atom. The van der Waals surface area contributed by atoms with Crippen LogP contribution in [0, 0.1) is 5.92 Å². The third-order valence-corrected chi connectivity index (χ3v) is 5.09. The minimum atomic E-state index is 0.0811. The third-order valence-electron chi connectivity index (χ3n) is 4.22. The highest BCUT2D eigenvalue weighted by Crippen LogP contribution is 2.26. The fourth-order valence-corrected chi connectivity index (χ4v) is 3.54. The summed E-state index contributed by atoms with van der Waals surface area (Å²) in [5.41, 5.74) is 0.799. The number of aromatic nitrogens is 4. The summed E-state index contributed by atoms with van der Waals surface area (Å²) in [6.07, 6.45) is 3.52. The normalized spacial score (nSPS) is 11.7. The Hall–Kier alpha value is -1.83. The second kappa shape index (κ2) is 9.92. The number of fused-ring (bicyclic) bond motifs is 1. The molecule has 2 heterocycles. The Balaban J connectivity index is 2.20. The number of rotatable bonds is 10. The van der Waals surface area contributed by atoms with Crippen molar-refractivity contribution in [3.05, 3.63) is 6.20 Å². The van der Waals surface area contributed by atoms with Gasteiger partial charge < -0.3 is 10.6 Å². The molecule has 1 amide bonds. The Bertz CT molecular complexity index is 754. The first kappa shape index (κ1) is 21.5. The van der Waals surface area contributed by atoms with Gasteiger partial charge in [-0.05, 0) is 26.7 Å². The van der Waals surface area contributed by atoms with Gasteiger partial charge in [-0.1, -0.05) is 39.5 Å².